The molecule has 1 aliphatic rings. The summed E-state index contributed by atoms with van der Waals surface area (Å²) in [4.78, 5) is 14.8. The van der Waals surface area contributed by atoms with Gasteiger partial charge in [-0.15, -0.1) is 0 Å². The normalized spacial score (nSPS) is 13.3. The van der Waals surface area contributed by atoms with Crippen LogP contribution in [0.25, 0.3) is 0 Å². The predicted octanol–water partition coefficient (Wildman–Crippen LogP) is 1.48. The molecule has 108 valence electrons. The molecule has 0 bridgehead atoms. The van der Waals surface area contributed by atoms with Gasteiger partial charge in [0, 0.05) is 6.20 Å². The van der Waals surface area contributed by atoms with Crippen molar-refractivity contribution < 1.29 is 14.3 Å². The van der Waals surface area contributed by atoms with Crippen molar-refractivity contribution in [3.63, 3.8) is 0 Å². The highest BCUT2D eigenvalue weighted by Gasteiger charge is 2.12. The Balaban J connectivity index is 1.57. The highest BCUT2D eigenvalue weighted by atomic mass is 16.6. The number of H-pyrrole nitrogens is 1. The average molecular weight is 285 g/mol. The van der Waals surface area contributed by atoms with Gasteiger partial charge in [-0.3, -0.25) is 4.79 Å². The highest BCUT2D eigenvalue weighted by Crippen LogP contribution is 2.30. The lowest BCUT2D eigenvalue weighted by molar-refractivity contribution is -0.120. The number of aromatic nitrogens is 1. The summed E-state index contributed by atoms with van der Waals surface area (Å²) >= 11 is 0. The van der Waals surface area contributed by atoms with Gasteiger partial charge in [0.2, 0.25) is 5.91 Å². The summed E-state index contributed by atoms with van der Waals surface area (Å²) < 4.78 is 10.9. The first-order valence-corrected chi connectivity index (χ1v) is 6.65. The zero-order valence-electron chi connectivity index (χ0n) is 11.3. The van der Waals surface area contributed by atoms with Crippen molar-refractivity contribution in [1.29, 1.82) is 0 Å². The number of hydrogen-bond acceptors (Lipinski definition) is 4. The largest absolute Gasteiger partial charge is 0.486 e. The standard InChI is InChI=1S/C15H15N3O3/c19-15(18-17-10-12-2-1-5-16-12)9-11-3-4-13-14(8-11)21-7-6-20-13/h1-5,8,10,16H,6-7,9H2,(H,18,19)/b17-10-. The quantitative estimate of drug-likeness (QED) is 0.660. The topological polar surface area (TPSA) is 75.7 Å². The SMILES string of the molecule is O=C(Cc1ccc2c(c1)OCCO2)N/N=C\c1ccc[nH]1. The van der Waals surface area contributed by atoms with E-state index < -0.39 is 0 Å². The lowest BCUT2D eigenvalue weighted by Gasteiger charge is -2.18. The molecule has 2 aromatic rings. The van der Waals surface area contributed by atoms with E-state index in [9.17, 15) is 4.79 Å². The number of nitrogens with zero attached hydrogens (tertiary/aromatic N) is 1. The summed E-state index contributed by atoms with van der Waals surface area (Å²) in [5.74, 6) is 1.21. The van der Waals surface area contributed by atoms with Crippen LogP contribution in [0.2, 0.25) is 0 Å². The minimum Gasteiger partial charge on any atom is -0.486 e. The van der Waals surface area contributed by atoms with Crippen molar-refractivity contribution in [3.8, 4) is 11.5 Å². The average Bonchev–Trinajstić information content (AvgIpc) is 3.00. The van der Waals surface area contributed by atoms with E-state index in [1.165, 1.54) is 0 Å². The van der Waals surface area contributed by atoms with Crippen LogP contribution in [0.1, 0.15) is 11.3 Å². The second-order valence-electron chi connectivity index (χ2n) is 4.57. The van der Waals surface area contributed by atoms with Crippen LogP contribution in [-0.2, 0) is 11.2 Å². The number of rotatable bonds is 4. The summed E-state index contributed by atoms with van der Waals surface area (Å²) in [6.07, 6.45) is 3.58. The Morgan fingerprint density at radius 1 is 1.29 bits per heavy atom. The molecule has 6 nitrogen and oxygen atoms in total. The van der Waals surface area contributed by atoms with Crippen LogP contribution in [-0.4, -0.2) is 30.3 Å². The van der Waals surface area contributed by atoms with Crippen molar-refractivity contribution >= 4 is 12.1 Å². The third kappa shape index (κ3) is 3.42. The van der Waals surface area contributed by atoms with Crippen LogP contribution in [0.4, 0.5) is 0 Å². The van der Waals surface area contributed by atoms with Gasteiger partial charge in [0.05, 0.1) is 18.3 Å². The van der Waals surface area contributed by atoms with Gasteiger partial charge in [-0.1, -0.05) is 6.07 Å². The van der Waals surface area contributed by atoms with Crippen LogP contribution in [0.5, 0.6) is 11.5 Å². The molecule has 1 aromatic carbocycles. The molecule has 1 aromatic heterocycles. The van der Waals surface area contributed by atoms with E-state index >= 15 is 0 Å². The molecule has 3 rings (SSSR count). The fourth-order valence-electron chi connectivity index (χ4n) is 2.02. The molecule has 0 aliphatic carbocycles. The van der Waals surface area contributed by atoms with E-state index in [-0.39, 0.29) is 12.3 Å². The summed E-state index contributed by atoms with van der Waals surface area (Å²) in [6.45, 7) is 1.09. The maximum atomic E-state index is 11.8. The van der Waals surface area contributed by atoms with Crippen molar-refractivity contribution in [1.82, 2.24) is 10.4 Å². The van der Waals surface area contributed by atoms with Crippen molar-refractivity contribution in [2.45, 2.75) is 6.42 Å². The van der Waals surface area contributed by atoms with Gasteiger partial charge in [0.15, 0.2) is 11.5 Å². The Bertz CT molecular complexity index is 650. The number of amides is 1. The second-order valence-corrected chi connectivity index (χ2v) is 4.57. The lowest BCUT2D eigenvalue weighted by atomic mass is 10.1. The van der Waals surface area contributed by atoms with Crippen molar-refractivity contribution in [2.75, 3.05) is 13.2 Å². The van der Waals surface area contributed by atoms with Crippen molar-refractivity contribution in [3.05, 3.63) is 47.8 Å². The molecule has 21 heavy (non-hydrogen) atoms. The molecule has 0 spiro atoms. The Kier molecular flexibility index (Phi) is 3.86. The molecule has 0 radical (unpaired) electrons. The van der Waals surface area contributed by atoms with Crippen LogP contribution in [0.15, 0.2) is 41.6 Å². The van der Waals surface area contributed by atoms with E-state index in [4.69, 9.17) is 9.47 Å². The Morgan fingerprint density at radius 2 is 2.14 bits per heavy atom. The fraction of sp³-hybridized carbons (Fsp3) is 0.200. The van der Waals surface area contributed by atoms with Crippen LogP contribution in [0, 0.1) is 0 Å². The Morgan fingerprint density at radius 3 is 2.95 bits per heavy atom. The number of nitrogens with one attached hydrogen (secondary N) is 2. The van der Waals surface area contributed by atoms with Gasteiger partial charge in [-0.05, 0) is 29.8 Å². The molecule has 6 heteroatoms. The first-order valence-electron chi connectivity index (χ1n) is 6.65. The van der Waals surface area contributed by atoms with E-state index in [1.807, 2.05) is 30.3 Å². The van der Waals surface area contributed by atoms with Gasteiger partial charge in [-0.25, -0.2) is 5.43 Å². The molecular weight excluding hydrogens is 270 g/mol. The van der Waals surface area contributed by atoms with Crippen molar-refractivity contribution in [2.24, 2.45) is 5.10 Å². The summed E-state index contributed by atoms with van der Waals surface area (Å²) in [7, 11) is 0. The Labute approximate surface area is 121 Å². The molecule has 2 heterocycles. The molecule has 1 aliphatic heterocycles. The number of ether oxygens (including phenoxy) is 2. The number of benzene rings is 1. The van der Waals surface area contributed by atoms with Gasteiger partial charge < -0.3 is 14.5 Å². The number of fused-ring (bicyclic) bond motifs is 1. The molecule has 0 unspecified atom stereocenters. The molecule has 1 amide bonds. The first kappa shape index (κ1) is 13.2. The van der Waals surface area contributed by atoms with Crippen LogP contribution >= 0.6 is 0 Å². The minimum absolute atomic E-state index is 0.186. The first-order chi connectivity index (χ1) is 10.3. The zero-order valence-corrected chi connectivity index (χ0v) is 11.3. The van der Waals surface area contributed by atoms with Gasteiger partial charge >= 0.3 is 0 Å². The molecule has 2 N–H and O–H groups in total. The molecule has 0 saturated heterocycles. The minimum atomic E-state index is -0.186. The van der Waals surface area contributed by atoms with Gasteiger partial charge in [0.1, 0.15) is 13.2 Å². The van der Waals surface area contributed by atoms with Crippen LogP contribution < -0.4 is 14.9 Å². The second kappa shape index (κ2) is 6.13. The maximum absolute atomic E-state index is 11.8. The summed E-state index contributed by atoms with van der Waals surface area (Å²) in [5.41, 5.74) is 4.17. The van der Waals surface area contributed by atoms with E-state index in [1.54, 1.807) is 12.4 Å². The Hall–Kier alpha value is -2.76. The fourth-order valence-corrected chi connectivity index (χ4v) is 2.02. The van der Waals surface area contributed by atoms with Crippen LogP contribution in [0.3, 0.4) is 0 Å². The third-order valence-corrected chi connectivity index (χ3v) is 2.99. The molecule has 0 atom stereocenters. The molecule has 0 fully saturated rings. The van der Waals surface area contributed by atoms with Gasteiger partial charge in [-0.2, -0.15) is 5.10 Å². The summed E-state index contributed by atoms with van der Waals surface area (Å²) in [6, 6.07) is 9.21. The number of aromatic amines is 1. The van der Waals surface area contributed by atoms with E-state index in [2.05, 4.69) is 15.5 Å². The number of hydrazone groups is 1. The monoisotopic (exact) mass is 285 g/mol. The number of hydrogen-bond donors (Lipinski definition) is 2. The summed E-state index contributed by atoms with van der Waals surface area (Å²) in [5, 5.41) is 3.89. The van der Waals surface area contributed by atoms with E-state index in [0.717, 1.165) is 17.0 Å². The molecular formula is C15H15N3O3. The molecule has 0 saturated carbocycles. The maximum Gasteiger partial charge on any atom is 0.244 e. The smallest absolute Gasteiger partial charge is 0.244 e. The third-order valence-electron chi connectivity index (χ3n) is 2.99. The highest BCUT2D eigenvalue weighted by molar-refractivity contribution is 5.82. The number of carbonyl (C=O) groups excluding carboxylic acids is 1. The van der Waals surface area contributed by atoms with E-state index in [0.29, 0.717) is 19.0 Å². The lowest BCUT2D eigenvalue weighted by Crippen LogP contribution is -2.20. The predicted molar refractivity (Wildman–Crippen MR) is 77.7 cm³/mol. The number of carbonyl (C=O) groups is 1. The zero-order chi connectivity index (χ0) is 14.5. The van der Waals surface area contributed by atoms with Gasteiger partial charge in [0.25, 0.3) is 0 Å².